The largest absolute Gasteiger partial charge is 0.501 e. The van der Waals surface area contributed by atoms with E-state index >= 15 is 0 Å². The fourth-order valence-electron chi connectivity index (χ4n) is 2.98. The second-order valence-corrected chi connectivity index (χ2v) is 9.11. The van der Waals surface area contributed by atoms with Crippen LogP contribution in [0.2, 0.25) is 0 Å². The lowest BCUT2D eigenvalue weighted by Gasteiger charge is -2.10. The summed E-state index contributed by atoms with van der Waals surface area (Å²) in [5, 5.41) is 25.4. The number of carboxylic acids is 1. The molecule has 4 rings (SSSR count). The summed E-state index contributed by atoms with van der Waals surface area (Å²) in [6.45, 7) is 0. The maximum absolute atomic E-state index is 12.6. The van der Waals surface area contributed by atoms with Gasteiger partial charge in [0.25, 0.3) is 15.6 Å². The zero-order chi connectivity index (χ0) is 23.8. The fourth-order valence-corrected chi connectivity index (χ4v) is 4.69. The van der Waals surface area contributed by atoms with Crippen molar-refractivity contribution in [1.82, 2.24) is 14.7 Å². The van der Waals surface area contributed by atoms with Crippen LogP contribution in [0.3, 0.4) is 0 Å². The summed E-state index contributed by atoms with van der Waals surface area (Å²) in [6, 6.07) is 10.5. The number of nitrogens with zero attached hydrogens (tertiary/aromatic N) is 1. The molecule has 33 heavy (non-hydrogen) atoms. The second-order valence-electron chi connectivity index (χ2n) is 6.68. The van der Waals surface area contributed by atoms with Crippen LogP contribution in [0.4, 0.5) is 10.5 Å². The number of rotatable bonds is 5. The summed E-state index contributed by atoms with van der Waals surface area (Å²) in [5.41, 5.74) is -1.76. The Balaban J connectivity index is 1.59. The molecule has 0 fully saturated rings. The van der Waals surface area contributed by atoms with Crippen molar-refractivity contribution in [1.29, 1.82) is 0 Å². The maximum atomic E-state index is 12.6. The number of urea groups is 1. The van der Waals surface area contributed by atoms with Crippen molar-refractivity contribution < 1.29 is 28.2 Å². The SMILES string of the molecule is O=C(Nc1cscc1-c1nc(C(=O)O)c(O)c(=O)[nH]1)NS(=O)(=O)c1ccc2ccccc2c1. The molecule has 0 radical (unpaired) electrons. The standard InChI is InChI=1S/C20H14N4O7S2/c25-16-15(19(27)28)22-17(23-18(16)26)13-8-32-9-14(13)21-20(29)24-33(30,31)12-6-5-10-3-1-2-4-11(10)7-12/h1-9,25H,(H,27,28)(H2,21,24,29)(H,22,23,26). The van der Waals surface area contributed by atoms with Crippen LogP contribution in [0.25, 0.3) is 22.2 Å². The molecule has 0 spiro atoms. The third kappa shape index (κ3) is 4.40. The Morgan fingerprint density at radius 3 is 2.52 bits per heavy atom. The van der Waals surface area contributed by atoms with Gasteiger partial charge in [0, 0.05) is 10.8 Å². The molecule has 2 aromatic carbocycles. The maximum Gasteiger partial charge on any atom is 0.358 e. The number of H-pyrrole nitrogens is 1. The number of amides is 2. The van der Waals surface area contributed by atoms with Gasteiger partial charge in [-0.1, -0.05) is 30.3 Å². The van der Waals surface area contributed by atoms with E-state index in [0.29, 0.717) is 5.39 Å². The van der Waals surface area contributed by atoms with Gasteiger partial charge in [0.05, 0.1) is 16.1 Å². The number of sulfonamides is 1. The first-order chi connectivity index (χ1) is 15.7. The van der Waals surface area contributed by atoms with Gasteiger partial charge in [0.1, 0.15) is 5.82 Å². The van der Waals surface area contributed by atoms with Gasteiger partial charge in [0.2, 0.25) is 5.75 Å². The van der Waals surface area contributed by atoms with Crippen LogP contribution in [-0.2, 0) is 10.0 Å². The molecule has 2 aromatic heterocycles. The first-order valence-corrected chi connectivity index (χ1v) is 11.5. The summed E-state index contributed by atoms with van der Waals surface area (Å²) in [4.78, 5) is 41.3. The molecule has 2 amide bonds. The van der Waals surface area contributed by atoms with E-state index in [1.807, 2.05) is 16.9 Å². The molecule has 5 N–H and O–H groups in total. The van der Waals surface area contributed by atoms with Crippen molar-refractivity contribution >= 4 is 49.8 Å². The second kappa shape index (κ2) is 8.37. The summed E-state index contributed by atoms with van der Waals surface area (Å²) < 4.78 is 27.2. The first-order valence-electron chi connectivity index (χ1n) is 9.11. The quantitative estimate of drug-likeness (QED) is 0.285. The van der Waals surface area contributed by atoms with Gasteiger partial charge < -0.3 is 20.5 Å². The number of aromatic amines is 1. The highest BCUT2D eigenvalue weighted by molar-refractivity contribution is 7.90. The number of hydrogen-bond donors (Lipinski definition) is 5. The molecular weight excluding hydrogens is 472 g/mol. The number of anilines is 1. The molecule has 0 bridgehead atoms. The van der Waals surface area contributed by atoms with E-state index in [1.54, 1.807) is 18.2 Å². The summed E-state index contributed by atoms with van der Waals surface area (Å²) >= 11 is 1.08. The van der Waals surface area contributed by atoms with Crippen LogP contribution in [0.1, 0.15) is 10.5 Å². The van der Waals surface area contributed by atoms with E-state index in [-0.39, 0.29) is 22.0 Å². The predicted octanol–water partition coefficient (Wildman–Crippen LogP) is 2.57. The molecule has 0 aliphatic carbocycles. The highest BCUT2D eigenvalue weighted by atomic mass is 32.2. The van der Waals surface area contributed by atoms with Crippen molar-refractivity contribution in [3.63, 3.8) is 0 Å². The topological polar surface area (TPSA) is 179 Å². The molecule has 0 saturated heterocycles. The number of aromatic carboxylic acids is 1. The van der Waals surface area contributed by atoms with Crippen LogP contribution in [0.15, 0.2) is 62.9 Å². The molecule has 11 nitrogen and oxygen atoms in total. The highest BCUT2D eigenvalue weighted by Crippen LogP contribution is 2.30. The van der Waals surface area contributed by atoms with Crippen LogP contribution in [0.5, 0.6) is 5.75 Å². The molecule has 0 aliphatic heterocycles. The van der Waals surface area contributed by atoms with Crippen molar-refractivity contribution in [2.24, 2.45) is 0 Å². The number of nitrogens with one attached hydrogen (secondary N) is 3. The number of thiophene rings is 1. The first kappa shape index (κ1) is 22.0. The van der Waals surface area contributed by atoms with Gasteiger partial charge >= 0.3 is 12.0 Å². The number of carboxylic acid groups (broad SMARTS) is 1. The fraction of sp³-hybridized carbons (Fsp3) is 0. The Morgan fingerprint density at radius 1 is 1.06 bits per heavy atom. The third-order valence-electron chi connectivity index (χ3n) is 4.52. The number of fused-ring (bicyclic) bond motifs is 1. The highest BCUT2D eigenvalue weighted by Gasteiger charge is 2.22. The number of aromatic nitrogens is 2. The van der Waals surface area contributed by atoms with E-state index in [4.69, 9.17) is 5.11 Å². The number of carbonyl (C=O) groups is 2. The summed E-state index contributed by atoms with van der Waals surface area (Å²) in [7, 11) is -4.20. The van der Waals surface area contributed by atoms with Crippen molar-refractivity contribution in [3.05, 3.63) is 69.3 Å². The minimum Gasteiger partial charge on any atom is -0.501 e. The average molecular weight is 486 g/mol. The van der Waals surface area contributed by atoms with Crippen molar-refractivity contribution in [2.45, 2.75) is 4.90 Å². The lowest BCUT2D eigenvalue weighted by Crippen LogP contribution is -2.34. The zero-order valence-electron chi connectivity index (χ0n) is 16.4. The van der Waals surface area contributed by atoms with E-state index in [1.165, 1.54) is 22.9 Å². The molecule has 4 aromatic rings. The molecule has 0 atom stereocenters. The Labute approximate surface area is 189 Å². The summed E-state index contributed by atoms with van der Waals surface area (Å²) in [6.07, 6.45) is 0. The Morgan fingerprint density at radius 2 is 1.79 bits per heavy atom. The van der Waals surface area contributed by atoms with Crippen LogP contribution < -0.4 is 15.6 Å². The number of aromatic hydroxyl groups is 1. The molecule has 13 heteroatoms. The number of benzene rings is 2. The van der Waals surface area contributed by atoms with E-state index in [9.17, 15) is 27.9 Å². The molecule has 168 valence electrons. The minimum absolute atomic E-state index is 0.0661. The molecule has 0 aliphatic rings. The summed E-state index contributed by atoms with van der Waals surface area (Å²) in [5.74, 6) is -2.91. The normalized spacial score (nSPS) is 11.3. The lowest BCUT2D eigenvalue weighted by atomic mass is 10.1. The lowest BCUT2D eigenvalue weighted by molar-refractivity contribution is 0.0686. The van der Waals surface area contributed by atoms with Gasteiger partial charge in [-0.3, -0.25) is 4.79 Å². The Kier molecular flexibility index (Phi) is 5.57. The van der Waals surface area contributed by atoms with Gasteiger partial charge in [-0.05, 0) is 22.9 Å². The van der Waals surface area contributed by atoms with E-state index in [0.717, 1.165) is 16.7 Å². The van der Waals surface area contributed by atoms with Gasteiger partial charge in [0.15, 0.2) is 5.69 Å². The van der Waals surface area contributed by atoms with E-state index in [2.05, 4.69) is 15.3 Å². The predicted molar refractivity (Wildman–Crippen MR) is 120 cm³/mol. The molecule has 0 saturated carbocycles. The van der Waals surface area contributed by atoms with Crippen LogP contribution in [0, 0.1) is 0 Å². The van der Waals surface area contributed by atoms with Gasteiger partial charge in [-0.2, -0.15) is 0 Å². The van der Waals surface area contributed by atoms with E-state index < -0.39 is 39.0 Å². The monoisotopic (exact) mass is 486 g/mol. The smallest absolute Gasteiger partial charge is 0.358 e. The molecule has 0 unspecified atom stereocenters. The Hall–Kier alpha value is -4.23. The average Bonchev–Trinajstić information content (AvgIpc) is 3.22. The number of carbonyl (C=O) groups excluding carboxylic acids is 1. The van der Waals surface area contributed by atoms with Crippen molar-refractivity contribution in [3.8, 4) is 17.1 Å². The number of hydrogen-bond acceptors (Lipinski definition) is 8. The Bertz CT molecular complexity index is 1570. The molecule has 2 heterocycles. The van der Waals surface area contributed by atoms with Gasteiger partial charge in [-0.15, -0.1) is 11.3 Å². The van der Waals surface area contributed by atoms with Crippen molar-refractivity contribution in [2.75, 3.05) is 5.32 Å². The molecular formula is C20H14N4O7S2. The minimum atomic E-state index is -4.20. The zero-order valence-corrected chi connectivity index (χ0v) is 18.0. The third-order valence-corrected chi connectivity index (χ3v) is 6.59. The van der Waals surface area contributed by atoms with Crippen LogP contribution in [-0.4, -0.2) is 40.6 Å². The van der Waals surface area contributed by atoms with Gasteiger partial charge in [-0.25, -0.2) is 27.7 Å². The van der Waals surface area contributed by atoms with Crippen LogP contribution >= 0.6 is 11.3 Å².